The van der Waals surface area contributed by atoms with Gasteiger partial charge in [0.25, 0.3) is 0 Å². The molecule has 160 valence electrons. The Labute approximate surface area is 174 Å². The summed E-state index contributed by atoms with van der Waals surface area (Å²) in [4.78, 5) is 12.1. The van der Waals surface area contributed by atoms with Gasteiger partial charge in [-0.2, -0.15) is 0 Å². The molecule has 1 nitrogen and oxygen atoms in total. The lowest BCUT2D eigenvalue weighted by Gasteiger charge is -2.60. The highest BCUT2D eigenvalue weighted by atomic mass is 16.1. The van der Waals surface area contributed by atoms with Gasteiger partial charge in [0.2, 0.25) is 0 Å². The van der Waals surface area contributed by atoms with Gasteiger partial charge < -0.3 is 0 Å². The lowest BCUT2D eigenvalue weighted by molar-refractivity contribution is -0.140. The molecule has 0 aliphatic heterocycles. The van der Waals surface area contributed by atoms with Crippen molar-refractivity contribution in [2.75, 3.05) is 0 Å². The highest BCUT2D eigenvalue weighted by molar-refractivity contribution is 5.79. The van der Waals surface area contributed by atoms with E-state index in [0.717, 1.165) is 48.3 Å². The summed E-state index contributed by atoms with van der Waals surface area (Å²) in [5.74, 6) is 6.82. The molecule has 4 saturated carbocycles. The van der Waals surface area contributed by atoms with Crippen molar-refractivity contribution in [1.29, 1.82) is 0 Å². The second-order valence-electron chi connectivity index (χ2n) is 12.4. The minimum Gasteiger partial charge on any atom is -0.300 e. The first kappa shape index (κ1) is 20.9. The van der Waals surface area contributed by atoms with Crippen LogP contribution in [-0.2, 0) is 4.79 Å². The van der Waals surface area contributed by atoms with Crippen LogP contribution in [0.15, 0.2) is 0 Å². The molecule has 1 heteroatoms. The van der Waals surface area contributed by atoms with E-state index in [1.807, 2.05) is 0 Å². The fraction of sp³-hybridized carbons (Fsp3) is 0.963. The van der Waals surface area contributed by atoms with E-state index in [4.69, 9.17) is 0 Å². The first-order valence-electron chi connectivity index (χ1n) is 12.8. The molecule has 8 atom stereocenters. The number of hydrogen-bond donors (Lipinski definition) is 0. The van der Waals surface area contributed by atoms with Gasteiger partial charge in [0.05, 0.1) is 0 Å². The molecule has 4 fully saturated rings. The molecule has 0 N–H and O–H groups in total. The zero-order chi connectivity index (χ0) is 20.1. The fourth-order valence-corrected chi connectivity index (χ4v) is 9.07. The molecular weight excluding hydrogens is 340 g/mol. The summed E-state index contributed by atoms with van der Waals surface area (Å²) in [5.41, 5.74) is 1.07. The molecule has 0 amide bonds. The van der Waals surface area contributed by atoms with Crippen LogP contribution >= 0.6 is 0 Å². The van der Waals surface area contributed by atoms with E-state index in [-0.39, 0.29) is 0 Å². The Morgan fingerprint density at radius 2 is 1.64 bits per heavy atom. The normalized spacial score (nSPS) is 46.8. The molecule has 4 aliphatic rings. The molecule has 0 aromatic carbocycles. The van der Waals surface area contributed by atoms with Crippen molar-refractivity contribution in [1.82, 2.24) is 0 Å². The van der Waals surface area contributed by atoms with Crippen LogP contribution in [0.1, 0.15) is 112 Å². The van der Waals surface area contributed by atoms with Crippen LogP contribution in [0.3, 0.4) is 0 Å². The molecule has 0 heterocycles. The Balaban J connectivity index is 1.47. The number of ketones is 1. The molecule has 0 spiro atoms. The Kier molecular flexibility index (Phi) is 5.78. The van der Waals surface area contributed by atoms with Crippen LogP contribution in [0.4, 0.5) is 0 Å². The second kappa shape index (κ2) is 7.73. The highest BCUT2D eigenvalue weighted by Crippen LogP contribution is 2.68. The molecular formula is C27H46O. The van der Waals surface area contributed by atoms with Crippen LogP contribution in [-0.4, -0.2) is 5.78 Å². The summed E-state index contributed by atoms with van der Waals surface area (Å²) in [7, 11) is 0. The predicted octanol–water partition coefficient (Wildman–Crippen LogP) is 7.68. The smallest absolute Gasteiger partial charge is 0.133 e. The highest BCUT2D eigenvalue weighted by Gasteiger charge is 2.60. The molecule has 28 heavy (non-hydrogen) atoms. The summed E-state index contributed by atoms with van der Waals surface area (Å²) < 4.78 is 0. The van der Waals surface area contributed by atoms with Crippen molar-refractivity contribution < 1.29 is 4.79 Å². The van der Waals surface area contributed by atoms with Crippen molar-refractivity contribution in [3.05, 3.63) is 0 Å². The van der Waals surface area contributed by atoms with E-state index in [2.05, 4.69) is 34.6 Å². The van der Waals surface area contributed by atoms with Crippen molar-refractivity contribution in [3.8, 4) is 0 Å². The van der Waals surface area contributed by atoms with Crippen LogP contribution in [0, 0.1) is 52.3 Å². The third kappa shape index (κ3) is 3.41. The van der Waals surface area contributed by atoms with E-state index in [1.165, 1.54) is 64.2 Å². The van der Waals surface area contributed by atoms with Crippen LogP contribution in [0.2, 0.25) is 0 Å². The van der Waals surface area contributed by atoms with Gasteiger partial charge in [-0.3, -0.25) is 4.79 Å². The fourth-order valence-electron chi connectivity index (χ4n) is 9.07. The Bertz CT molecular complexity index is 579. The van der Waals surface area contributed by atoms with Crippen molar-refractivity contribution in [2.24, 2.45) is 52.3 Å². The maximum atomic E-state index is 12.1. The molecule has 0 saturated heterocycles. The van der Waals surface area contributed by atoms with Gasteiger partial charge in [0.15, 0.2) is 0 Å². The van der Waals surface area contributed by atoms with Crippen LogP contribution in [0.25, 0.3) is 0 Å². The van der Waals surface area contributed by atoms with Gasteiger partial charge in [-0.05, 0) is 97.2 Å². The van der Waals surface area contributed by atoms with E-state index in [1.54, 1.807) is 0 Å². The summed E-state index contributed by atoms with van der Waals surface area (Å²) in [5, 5.41) is 0. The zero-order valence-electron chi connectivity index (χ0n) is 19.4. The van der Waals surface area contributed by atoms with Crippen molar-refractivity contribution >= 4 is 5.78 Å². The Morgan fingerprint density at radius 1 is 0.893 bits per heavy atom. The van der Waals surface area contributed by atoms with E-state index < -0.39 is 0 Å². The SMILES string of the molecule is CC(C)CCC[C@@H](C)[C@H]1CCC2C3CCC4CC(=O)CC[C@]4(C)C3CC[C@@]21C. The number of hydrogen-bond acceptors (Lipinski definition) is 1. The molecule has 0 aromatic heterocycles. The van der Waals surface area contributed by atoms with Gasteiger partial charge in [-0.25, -0.2) is 0 Å². The summed E-state index contributed by atoms with van der Waals surface area (Å²) in [6.07, 6.45) is 15.9. The third-order valence-corrected chi connectivity index (χ3v) is 10.7. The molecule has 4 aliphatic carbocycles. The van der Waals surface area contributed by atoms with Crippen LogP contribution in [0.5, 0.6) is 0 Å². The average molecular weight is 387 g/mol. The topological polar surface area (TPSA) is 17.1 Å². The first-order chi connectivity index (χ1) is 13.3. The summed E-state index contributed by atoms with van der Waals surface area (Å²) in [6, 6.07) is 0. The largest absolute Gasteiger partial charge is 0.300 e. The third-order valence-electron chi connectivity index (χ3n) is 10.7. The van der Waals surface area contributed by atoms with Gasteiger partial charge in [-0.1, -0.05) is 53.9 Å². The quantitative estimate of drug-likeness (QED) is 0.473. The lowest BCUT2D eigenvalue weighted by atomic mass is 9.44. The van der Waals surface area contributed by atoms with E-state index in [9.17, 15) is 4.79 Å². The van der Waals surface area contributed by atoms with Gasteiger partial charge in [-0.15, -0.1) is 0 Å². The summed E-state index contributed by atoms with van der Waals surface area (Å²) >= 11 is 0. The minimum atomic E-state index is 0.471. The Morgan fingerprint density at radius 3 is 2.39 bits per heavy atom. The summed E-state index contributed by atoms with van der Waals surface area (Å²) in [6.45, 7) is 12.6. The minimum absolute atomic E-state index is 0.471. The van der Waals surface area contributed by atoms with Crippen molar-refractivity contribution in [2.45, 2.75) is 112 Å². The number of carbonyl (C=O) groups is 1. The van der Waals surface area contributed by atoms with Crippen molar-refractivity contribution in [3.63, 3.8) is 0 Å². The number of carbonyl (C=O) groups excluding carboxylic acids is 1. The van der Waals surface area contributed by atoms with E-state index in [0.29, 0.717) is 22.5 Å². The lowest BCUT2D eigenvalue weighted by Crippen LogP contribution is -2.53. The zero-order valence-corrected chi connectivity index (χ0v) is 19.4. The molecule has 4 rings (SSSR count). The number of rotatable bonds is 5. The predicted molar refractivity (Wildman–Crippen MR) is 118 cm³/mol. The monoisotopic (exact) mass is 386 g/mol. The van der Waals surface area contributed by atoms with Gasteiger partial charge in [0, 0.05) is 12.8 Å². The molecule has 0 bridgehead atoms. The molecule has 4 unspecified atom stereocenters. The number of Topliss-reactive ketones (excluding diaryl/α,β-unsaturated/α-hetero) is 1. The maximum absolute atomic E-state index is 12.1. The maximum Gasteiger partial charge on any atom is 0.133 e. The van der Waals surface area contributed by atoms with E-state index >= 15 is 0 Å². The standard InChI is InChI=1S/C27H46O/c1-18(2)7-6-8-19(3)23-11-12-24-22-10-9-20-17-21(28)13-15-26(20,4)25(22)14-16-27(23,24)5/h18-20,22-25H,6-17H2,1-5H3/t19-,20?,22?,23-,24?,25?,26+,27-/m1/s1. The Hall–Kier alpha value is -0.330. The second-order valence-corrected chi connectivity index (χ2v) is 12.4. The number of fused-ring (bicyclic) bond motifs is 5. The first-order valence-corrected chi connectivity index (χ1v) is 12.8. The molecule has 0 radical (unpaired) electrons. The van der Waals surface area contributed by atoms with Crippen LogP contribution < -0.4 is 0 Å². The molecule has 0 aromatic rings. The average Bonchev–Trinajstić information content (AvgIpc) is 2.99. The van der Waals surface area contributed by atoms with Gasteiger partial charge in [0.1, 0.15) is 5.78 Å². The van der Waals surface area contributed by atoms with Gasteiger partial charge >= 0.3 is 0 Å².